The summed E-state index contributed by atoms with van der Waals surface area (Å²) in [5, 5.41) is 0. The van der Waals surface area contributed by atoms with Gasteiger partial charge in [-0.1, -0.05) is 70.8 Å². The Morgan fingerprint density at radius 1 is 1.00 bits per heavy atom. The maximum absolute atomic E-state index is 11.7. The molecule has 0 aromatic heterocycles. The second-order valence-corrected chi connectivity index (χ2v) is 6.97. The zero-order valence-electron chi connectivity index (χ0n) is 15.8. The second-order valence-electron chi connectivity index (χ2n) is 6.97. The predicted octanol–water partition coefficient (Wildman–Crippen LogP) is 5.62. The highest BCUT2D eigenvalue weighted by molar-refractivity contribution is 5.89. The number of hydrogen-bond donors (Lipinski definition) is 0. The fourth-order valence-electron chi connectivity index (χ4n) is 2.77. The molecule has 24 heavy (non-hydrogen) atoms. The molecule has 1 fully saturated rings. The number of epoxide rings is 1. The number of carbonyl (C=O) groups excluding carboxylic acids is 1. The lowest BCUT2D eigenvalue weighted by Crippen LogP contribution is -2.02. The summed E-state index contributed by atoms with van der Waals surface area (Å²) in [4.78, 5) is 11.7. The molecule has 3 nitrogen and oxygen atoms in total. The third kappa shape index (κ3) is 14.9. The van der Waals surface area contributed by atoms with Crippen molar-refractivity contribution in [2.75, 3.05) is 19.8 Å². The van der Waals surface area contributed by atoms with E-state index in [2.05, 4.69) is 6.92 Å². The summed E-state index contributed by atoms with van der Waals surface area (Å²) in [5.74, 6) is 0.280. The Kier molecular flexibility index (Phi) is 14.1. The van der Waals surface area contributed by atoms with Gasteiger partial charge in [-0.25, -0.2) is 0 Å². The van der Waals surface area contributed by atoms with Crippen LogP contribution in [0.5, 0.6) is 0 Å². The van der Waals surface area contributed by atoms with Gasteiger partial charge in [-0.2, -0.15) is 0 Å². The van der Waals surface area contributed by atoms with E-state index in [4.69, 9.17) is 9.47 Å². The molecule has 1 aliphatic rings. The first-order valence-corrected chi connectivity index (χ1v) is 10.2. The fourth-order valence-corrected chi connectivity index (χ4v) is 2.77. The number of hydrogen-bond acceptors (Lipinski definition) is 3. The van der Waals surface area contributed by atoms with E-state index in [1.54, 1.807) is 6.08 Å². The van der Waals surface area contributed by atoms with Gasteiger partial charge in [0.15, 0.2) is 5.78 Å². The summed E-state index contributed by atoms with van der Waals surface area (Å²) >= 11 is 0. The molecule has 1 atom stereocenters. The predicted molar refractivity (Wildman–Crippen MR) is 100 cm³/mol. The van der Waals surface area contributed by atoms with E-state index in [0.717, 1.165) is 39.1 Å². The minimum absolute atomic E-state index is 0.280. The average molecular weight is 339 g/mol. The van der Waals surface area contributed by atoms with Crippen LogP contribution in [-0.2, 0) is 14.3 Å². The van der Waals surface area contributed by atoms with Gasteiger partial charge in [-0.15, -0.1) is 0 Å². The Morgan fingerprint density at radius 3 is 2.25 bits per heavy atom. The molecule has 140 valence electrons. The fraction of sp³-hybridized carbons (Fsp3) is 0.857. The smallest absolute Gasteiger partial charge is 0.155 e. The first kappa shape index (κ1) is 21.4. The molecule has 0 amide bonds. The quantitative estimate of drug-likeness (QED) is 0.185. The molecule has 1 heterocycles. The summed E-state index contributed by atoms with van der Waals surface area (Å²) in [7, 11) is 0. The lowest BCUT2D eigenvalue weighted by atomic mass is 10.0. The number of rotatable bonds is 18. The molecule has 0 unspecified atom stereocenters. The minimum Gasteiger partial charge on any atom is -0.379 e. The monoisotopic (exact) mass is 338 g/mol. The number of allylic oxidation sites excluding steroid dienone is 2. The van der Waals surface area contributed by atoms with E-state index in [-0.39, 0.29) is 5.78 Å². The van der Waals surface area contributed by atoms with E-state index in [9.17, 15) is 4.79 Å². The van der Waals surface area contributed by atoms with Crippen LogP contribution in [0, 0.1) is 0 Å². The Bertz CT molecular complexity index is 321. The Labute approximate surface area is 149 Å². The minimum atomic E-state index is 0.280. The molecule has 1 rings (SSSR count). The molecule has 0 spiro atoms. The van der Waals surface area contributed by atoms with E-state index in [0.29, 0.717) is 12.5 Å². The third-order valence-electron chi connectivity index (χ3n) is 4.45. The highest BCUT2D eigenvalue weighted by atomic mass is 16.6. The van der Waals surface area contributed by atoms with Gasteiger partial charge in [0.2, 0.25) is 0 Å². The van der Waals surface area contributed by atoms with Crippen molar-refractivity contribution in [1.29, 1.82) is 0 Å². The van der Waals surface area contributed by atoms with Crippen molar-refractivity contribution >= 4 is 5.78 Å². The van der Waals surface area contributed by atoms with Gasteiger partial charge in [0, 0.05) is 13.0 Å². The third-order valence-corrected chi connectivity index (χ3v) is 4.45. The Hall–Kier alpha value is -0.670. The molecule has 0 aromatic carbocycles. The molecule has 0 saturated carbocycles. The van der Waals surface area contributed by atoms with Crippen LogP contribution in [-0.4, -0.2) is 31.7 Å². The van der Waals surface area contributed by atoms with E-state index in [1.165, 1.54) is 57.8 Å². The lowest BCUT2D eigenvalue weighted by Gasteiger charge is -2.01. The summed E-state index contributed by atoms with van der Waals surface area (Å²) in [5.41, 5.74) is 0. The van der Waals surface area contributed by atoms with Crippen LogP contribution in [0.1, 0.15) is 90.4 Å². The normalized spacial score (nSPS) is 16.8. The molecule has 0 aromatic rings. The van der Waals surface area contributed by atoms with Crippen molar-refractivity contribution in [3.05, 3.63) is 12.2 Å². The van der Waals surface area contributed by atoms with Crippen LogP contribution >= 0.6 is 0 Å². The van der Waals surface area contributed by atoms with E-state index < -0.39 is 0 Å². The van der Waals surface area contributed by atoms with Gasteiger partial charge in [0.05, 0.1) is 13.2 Å². The van der Waals surface area contributed by atoms with Crippen molar-refractivity contribution in [2.24, 2.45) is 0 Å². The van der Waals surface area contributed by atoms with Gasteiger partial charge < -0.3 is 9.47 Å². The summed E-state index contributed by atoms with van der Waals surface area (Å²) in [6, 6.07) is 0. The first-order valence-electron chi connectivity index (χ1n) is 10.2. The SMILES string of the molecule is CCCCCCCCCCCCC(=O)/C=C/CCCOC[C@H]1CO1. The zero-order valence-corrected chi connectivity index (χ0v) is 15.8. The molecule has 1 aliphatic heterocycles. The molecule has 0 aliphatic carbocycles. The van der Waals surface area contributed by atoms with Crippen LogP contribution in [0.25, 0.3) is 0 Å². The largest absolute Gasteiger partial charge is 0.379 e. The summed E-state index contributed by atoms with van der Waals surface area (Å²) in [6.07, 6.45) is 19.9. The Balaban J connectivity index is 1.76. The van der Waals surface area contributed by atoms with Crippen molar-refractivity contribution < 1.29 is 14.3 Å². The topological polar surface area (TPSA) is 38.8 Å². The summed E-state index contributed by atoms with van der Waals surface area (Å²) in [6.45, 7) is 4.60. The number of ether oxygens (including phenoxy) is 2. The first-order chi connectivity index (χ1) is 11.8. The van der Waals surface area contributed by atoms with E-state index >= 15 is 0 Å². The van der Waals surface area contributed by atoms with Crippen LogP contribution in [0.2, 0.25) is 0 Å². The van der Waals surface area contributed by atoms with Crippen LogP contribution < -0.4 is 0 Å². The van der Waals surface area contributed by atoms with Gasteiger partial charge >= 0.3 is 0 Å². The van der Waals surface area contributed by atoms with Crippen molar-refractivity contribution in [1.82, 2.24) is 0 Å². The average Bonchev–Trinajstić information content (AvgIpc) is 3.40. The van der Waals surface area contributed by atoms with E-state index in [1.807, 2.05) is 6.08 Å². The highest BCUT2D eigenvalue weighted by Gasteiger charge is 2.21. The summed E-state index contributed by atoms with van der Waals surface area (Å²) < 4.78 is 10.5. The molecule has 0 N–H and O–H groups in total. The van der Waals surface area contributed by atoms with Crippen molar-refractivity contribution in [3.8, 4) is 0 Å². The molecule has 1 saturated heterocycles. The lowest BCUT2D eigenvalue weighted by molar-refractivity contribution is -0.114. The van der Waals surface area contributed by atoms with Crippen LogP contribution in [0.15, 0.2) is 12.2 Å². The van der Waals surface area contributed by atoms with Gasteiger partial charge in [0.25, 0.3) is 0 Å². The standard InChI is InChI=1S/C21H38O3/c1-2-3-4-5-6-7-8-9-10-12-15-20(22)16-13-11-14-17-23-18-21-19-24-21/h13,16,21H,2-12,14-15,17-19H2,1H3/b16-13+/t21-/m0/s1. The number of unbranched alkanes of at least 4 members (excludes halogenated alkanes) is 10. The number of carbonyl (C=O) groups is 1. The highest BCUT2D eigenvalue weighted by Crippen LogP contribution is 2.11. The molecular formula is C21H38O3. The molecule has 3 heteroatoms. The van der Waals surface area contributed by atoms with Gasteiger partial charge in [-0.05, 0) is 25.3 Å². The maximum Gasteiger partial charge on any atom is 0.155 e. The maximum atomic E-state index is 11.7. The zero-order chi connectivity index (χ0) is 17.3. The Morgan fingerprint density at radius 2 is 1.62 bits per heavy atom. The van der Waals surface area contributed by atoms with Crippen molar-refractivity contribution in [2.45, 2.75) is 96.5 Å². The van der Waals surface area contributed by atoms with Crippen LogP contribution in [0.3, 0.4) is 0 Å². The van der Waals surface area contributed by atoms with Gasteiger partial charge in [-0.3, -0.25) is 4.79 Å². The second kappa shape index (κ2) is 15.8. The molecule has 0 bridgehead atoms. The number of ketones is 1. The molecular weight excluding hydrogens is 300 g/mol. The van der Waals surface area contributed by atoms with Crippen LogP contribution in [0.4, 0.5) is 0 Å². The molecule has 0 radical (unpaired) electrons. The van der Waals surface area contributed by atoms with Gasteiger partial charge in [0.1, 0.15) is 6.10 Å². The van der Waals surface area contributed by atoms with Crippen molar-refractivity contribution in [3.63, 3.8) is 0 Å².